The molecule has 2 aliphatic heterocycles. The van der Waals surface area contributed by atoms with Crippen molar-refractivity contribution in [3.05, 3.63) is 64.7 Å². The summed E-state index contributed by atoms with van der Waals surface area (Å²) in [6.45, 7) is 8.03. The van der Waals surface area contributed by atoms with Crippen LogP contribution in [0.2, 0.25) is 0 Å². The molecular weight excluding hydrogens is 502 g/mol. The van der Waals surface area contributed by atoms with E-state index in [4.69, 9.17) is 19.9 Å². The van der Waals surface area contributed by atoms with Gasteiger partial charge in [-0.15, -0.1) is 0 Å². The summed E-state index contributed by atoms with van der Waals surface area (Å²) in [6, 6.07) is 11.2. The molecule has 1 atom stereocenters. The lowest BCUT2D eigenvalue weighted by molar-refractivity contribution is -0.140. The van der Waals surface area contributed by atoms with Crippen molar-refractivity contribution >= 4 is 23.4 Å². The van der Waals surface area contributed by atoms with Crippen molar-refractivity contribution < 1.29 is 33.7 Å². The molecule has 0 radical (unpaired) electrons. The molecule has 39 heavy (non-hydrogen) atoms. The summed E-state index contributed by atoms with van der Waals surface area (Å²) in [5.41, 5.74) is 7.00. The molecule has 2 aromatic rings. The van der Waals surface area contributed by atoms with Gasteiger partial charge in [0.2, 0.25) is 0 Å². The Morgan fingerprint density at radius 1 is 1.05 bits per heavy atom. The number of rotatable bonds is 11. The van der Waals surface area contributed by atoms with Crippen LogP contribution < -0.4 is 15.2 Å². The van der Waals surface area contributed by atoms with Crippen LogP contribution in [0.15, 0.2) is 48.0 Å². The van der Waals surface area contributed by atoms with E-state index in [1.807, 2.05) is 13.8 Å². The number of morpholine rings is 1. The van der Waals surface area contributed by atoms with Crippen molar-refractivity contribution in [3.63, 3.8) is 0 Å². The lowest BCUT2D eigenvalue weighted by Gasteiger charge is -2.29. The highest BCUT2D eigenvalue weighted by Crippen LogP contribution is 2.40. The number of aliphatic hydroxyl groups excluding tert-OH is 1. The van der Waals surface area contributed by atoms with Gasteiger partial charge >= 0.3 is 0 Å². The summed E-state index contributed by atoms with van der Waals surface area (Å²) in [5.74, 6) is -1.14. The number of hydrogen-bond acceptors (Lipinski definition) is 8. The Balaban J connectivity index is 1.67. The fraction of sp³-hybridized carbons (Fsp3) is 0.414. The molecule has 0 aromatic heterocycles. The van der Waals surface area contributed by atoms with Crippen molar-refractivity contribution in [3.8, 4) is 11.5 Å². The molecule has 1 unspecified atom stereocenters. The average Bonchev–Trinajstić information content (AvgIpc) is 3.18. The highest BCUT2D eigenvalue weighted by Gasteiger charge is 2.46. The topological polar surface area (TPSA) is 132 Å². The highest BCUT2D eigenvalue weighted by atomic mass is 16.5. The SMILES string of the molecule is CCOc1ccc(/C(O)=C2\C(=O)C(=O)N(CCCN3CCOCC3)C2c2ccc(OCC(N)=O)cc2)c(C)c1. The molecule has 2 heterocycles. The Labute approximate surface area is 227 Å². The summed E-state index contributed by atoms with van der Waals surface area (Å²) < 4.78 is 16.3. The van der Waals surface area contributed by atoms with E-state index in [9.17, 15) is 19.5 Å². The smallest absolute Gasteiger partial charge is 0.295 e. The molecule has 0 spiro atoms. The maximum Gasteiger partial charge on any atom is 0.295 e. The van der Waals surface area contributed by atoms with Crippen LogP contribution in [0, 0.1) is 6.92 Å². The van der Waals surface area contributed by atoms with Crippen molar-refractivity contribution in [2.45, 2.75) is 26.3 Å². The van der Waals surface area contributed by atoms with Gasteiger partial charge in [0.05, 0.1) is 31.4 Å². The van der Waals surface area contributed by atoms with Crippen molar-refractivity contribution in [1.82, 2.24) is 9.80 Å². The van der Waals surface area contributed by atoms with Gasteiger partial charge in [0.15, 0.2) is 6.61 Å². The normalized spacial score (nSPS) is 19.3. The van der Waals surface area contributed by atoms with E-state index >= 15 is 0 Å². The molecule has 10 nitrogen and oxygen atoms in total. The summed E-state index contributed by atoms with van der Waals surface area (Å²) in [6.07, 6.45) is 0.658. The van der Waals surface area contributed by atoms with Crippen LogP contribution in [0.5, 0.6) is 11.5 Å². The number of aliphatic hydroxyl groups is 1. The van der Waals surface area contributed by atoms with Crippen LogP contribution in [-0.4, -0.2) is 85.1 Å². The number of amides is 2. The number of aryl methyl sites for hydroxylation is 1. The Kier molecular flexibility index (Phi) is 9.21. The van der Waals surface area contributed by atoms with E-state index < -0.39 is 23.6 Å². The van der Waals surface area contributed by atoms with E-state index in [2.05, 4.69) is 4.90 Å². The maximum atomic E-state index is 13.4. The molecule has 2 saturated heterocycles. The van der Waals surface area contributed by atoms with Gasteiger partial charge in [0.25, 0.3) is 17.6 Å². The van der Waals surface area contributed by atoms with E-state index in [1.165, 1.54) is 4.90 Å². The second kappa shape index (κ2) is 12.8. The van der Waals surface area contributed by atoms with Gasteiger partial charge < -0.3 is 30.0 Å². The number of ether oxygens (including phenoxy) is 3. The summed E-state index contributed by atoms with van der Waals surface area (Å²) in [5, 5.41) is 11.4. The van der Waals surface area contributed by atoms with Crippen LogP contribution in [0.1, 0.15) is 36.1 Å². The van der Waals surface area contributed by atoms with Gasteiger partial charge in [-0.25, -0.2) is 0 Å². The molecule has 2 aliphatic rings. The number of Topliss-reactive ketones (excluding diaryl/α,β-unsaturated/α-hetero) is 1. The molecule has 0 aliphatic carbocycles. The fourth-order valence-electron chi connectivity index (χ4n) is 4.95. The van der Waals surface area contributed by atoms with Crippen molar-refractivity contribution in [1.29, 1.82) is 0 Å². The first kappa shape index (κ1) is 28.1. The maximum absolute atomic E-state index is 13.4. The van der Waals surface area contributed by atoms with Crippen LogP contribution in [0.25, 0.3) is 5.76 Å². The first-order valence-corrected chi connectivity index (χ1v) is 13.1. The minimum Gasteiger partial charge on any atom is -0.507 e. The minimum atomic E-state index is -0.786. The Bertz CT molecular complexity index is 1240. The number of likely N-dealkylation sites (tertiary alicyclic amines) is 1. The van der Waals surface area contributed by atoms with Gasteiger partial charge in [-0.05, 0) is 61.7 Å². The lowest BCUT2D eigenvalue weighted by Crippen LogP contribution is -2.38. The molecular formula is C29H35N3O7. The molecule has 3 N–H and O–H groups in total. The van der Waals surface area contributed by atoms with Gasteiger partial charge in [0, 0.05) is 31.7 Å². The monoisotopic (exact) mass is 537 g/mol. The first-order valence-electron chi connectivity index (χ1n) is 13.1. The van der Waals surface area contributed by atoms with E-state index in [0.29, 0.717) is 61.0 Å². The molecule has 2 amide bonds. The average molecular weight is 538 g/mol. The number of ketones is 1. The molecule has 10 heteroatoms. The first-order chi connectivity index (χ1) is 18.8. The van der Waals surface area contributed by atoms with E-state index in [0.717, 1.165) is 19.6 Å². The molecule has 2 aromatic carbocycles. The highest BCUT2D eigenvalue weighted by molar-refractivity contribution is 6.46. The number of nitrogens with two attached hydrogens (primary N) is 1. The van der Waals surface area contributed by atoms with Crippen molar-refractivity contribution in [2.75, 3.05) is 52.6 Å². The Hall–Kier alpha value is -3.89. The van der Waals surface area contributed by atoms with Crippen LogP contribution >= 0.6 is 0 Å². The second-order valence-corrected chi connectivity index (χ2v) is 9.53. The predicted molar refractivity (Wildman–Crippen MR) is 144 cm³/mol. The zero-order valence-electron chi connectivity index (χ0n) is 22.4. The van der Waals surface area contributed by atoms with E-state index in [-0.39, 0.29) is 17.9 Å². The Morgan fingerprint density at radius 3 is 2.38 bits per heavy atom. The van der Waals surface area contributed by atoms with Crippen LogP contribution in [0.3, 0.4) is 0 Å². The van der Waals surface area contributed by atoms with Crippen molar-refractivity contribution in [2.24, 2.45) is 5.73 Å². The molecule has 2 fully saturated rings. The van der Waals surface area contributed by atoms with Crippen LogP contribution in [-0.2, 0) is 19.1 Å². The third-order valence-electron chi connectivity index (χ3n) is 6.86. The third kappa shape index (κ3) is 6.58. The molecule has 208 valence electrons. The number of carbonyl (C=O) groups excluding carboxylic acids is 3. The summed E-state index contributed by atoms with van der Waals surface area (Å²) >= 11 is 0. The largest absolute Gasteiger partial charge is 0.507 e. The van der Waals surface area contributed by atoms with Gasteiger partial charge in [-0.3, -0.25) is 19.3 Å². The standard InChI is InChI=1S/C29H35N3O7/c1-3-38-22-9-10-23(19(2)17-22)27(34)25-26(20-5-7-21(8-6-20)39-18-24(30)33)32(29(36)28(25)35)12-4-11-31-13-15-37-16-14-31/h5-10,17,26,34H,3-4,11-16,18H2,1-2H3,(H2,30,33)/b27-25+. The number of nitrogens with zero attached hydrogens (tertiary/aromatic N) is 2. The van der Waals surface area contributed by atoms with Gasteiger partial charge in [-0.1, -0.05) is 12.1 Å². The zero-order chi connectivity index (χ0) is 27.9. The number of benzene rings is 2. The zero-order valence-corrected chi connectivity index (χ0v) is 22.4. The summed E-state index contributed by atoms with van der Waals surface area (Å²) in [4.78, 5) is 41.5. The number of carbonyl (C=O) groups is 3. The molecule has 0 bridgehead atoms. The fourth-order valence-corrected chi connectivity index (χ4v) is 4.95. The Morgan fingerprint density at radius 2 is 1.74 bits per heavy atom. The van der Waals surface area contributed by atoms with E-state index in [1.54, 1.807) is 42.5 Å². The molecule has 4 rings (SSSR count). The second-order valence-electron chi connectivity index (χ2n) is 9.53. The molecule has 0 saturated carbocycles. The third-order valence-corrected chi connectivity index (χ3v) is 6.86. The number of hydrogen-bond donors (Lipinski definition) is 2. The van der Waals surface area contributed by atoms with Gasteiger partial charge in [0.1, 0.15) is 17.3 Å². The lowest BCUT2D eigenvalue weighted by atomic mass is 9.93. The summed E-state index contributed by atoms with van der Waals surface area (Å²) in [7, 11) is 0. The quantitative estimate of drug-likeness (QED) is 0.254. The minimum absolute atomic E-state index is 0.0319. The van der Waals surface area contributed by atoms with Crippen LogP contribution in [0.4, 0.5) is 0 Å². The predicted octanol–water partition coefficient (Wildman–Crippen LogP) is 2.40. The number of primary amides is 1. The van der Waals surface area contributed by atoms with Gasteiger partial charge in [-0.2, -0.15) is 0 Å².